The van der Waals surface area contributed by atoms with Gasteiger partial charge in [0.25, 0.3) is 0 Å². The van der Waals surface area contributed by atoms with Crippen LogP contribution in [0.4, 0.5) is 5.69 Å². The molecule has 3 nitrogen and oxygen atoms in total. The summed E-state index contributed by atoms with van der Waals surface area (Å²) in [6.07, 6.45) is 0. The first-order valence-corrected chi connectivity index (χ1v) is 5.39. The summed E-state index contributed by atoms with van der Waals surface area (Å²) in [6.45, 7) is -0.0458. The molecule has 0 amide bonds. The van der Waals surface area contributed by atoms with Gasteiger partial charge in [0.05, 0.1) is 13.7 Å². The molecule has 2 aromatic rings. The molecule has 0 radical (unpaired) electrons. The molecule has 0 atom stereocenters. The third-order valence-corrected chi connectivity index (χ3v) is 2.77. The first kappa shape index (κ1) is 11.5. The van der Waals surface area contributed by atoms with E-state index in [4.69, 9.17) is 10.5 Å². The van der Waals surface area contributed by atoms with E-state index in [1.165, 1.54) is 0 Å². The SMILES string of the molecule is COc1ccc(-c2cccc(CO)c2N)cc1. The fraction of sp³-hybridized carbons (Fsp3) is 0.143. The van der Waals surface area contributed by atoms with Gasteiger partial charge < -0.3 is 15.6 Å². The number of anilines is 1. The Kier molecular flexibility index (Phi) is 3.30. The van der Waals surface area contributed by atoms with Gasteiger partial charge in [-0.1, -0.05) is 30.3 Å². The van der Waals surface area contributed by atoms with Crippen molar-refractivity contribution in [1.29, 1.82) is 0 Å². The molecule has 0 spiro atoms. The van der Waals surface area contributed by atoms with E-state index in [1.54, 1.807) is 7.11 Å². The highest BCUT2D eigenvalue weighted by atomic mass is 16.5. The second-order valence-corrected chi connectivity index (χ2v) is 3.76. The summed E-state index contributed by atoms with van der Waals surface area (Å²) in [4.78, 5) is 0. The number of aliphatic hydroxyl groups excluding tert-OH is 1. The molecular formula is C14H15NO2. The molecule has 17 heavy (non-hydrogen) atoms. The fourth-order valence-electron chi connectivity index (χ4n) is 1.77. The van der Waals surface area contributed by atoms with Gasteiger partial charge in [0.1, 0.15) is 5.75 Å². The zero-order chi connectivity index (χ0) is 12.3. The number of rotatable bonds is 3. The van der Waals surface area contributed by atoms with Gasteiger partial charge in [-0.3, -0.25) is 0 Å². The van der Waals surface area contributed by atoms with Crippen LogP contribution in [-0.2, 0) is 6.61 Å². The van der Waals surface area contributed by atoms with Gasteiger partial charge in [-0.25, -0.2) is 0 Å². The molecule has 0 saturated carbocycles. The summed E-state index contributed by atoms with van der Waals surface area (Å²) in [5, 5.41) is 9.17. The molecule has 2 rings (SSSR count). The third-order valence-electron chi connectivity index (χ3n) is 2.77. The number of hydrogen-bond donors (Lipinski definition) is 2. The van der Waals surface area contributed by atoms with Crippen LogP contribution in [0.15, 0.2) is 42.5 Å². The minimum Gasteiger partial charge on any atom is -0.497 e. The fourth-order valence-corrected chi connectivity index (χ4v) is 1.77. The van der Waals surface area contributed by atoms with E-state index in [-0.39, 0.29) is 6.61 Å². The molecule has 0 aliphatic heterocycles. The number of nitrogens with two attached hydrogens (primary N) is 1. The molecule has 88 valence electrons. The topological polar surface area (TPSA) is 55.5 Å². The van der Waals surface area contributed by atoms with Crippen molar-refractivity contribution < 1.29 is 9.84 Å². The maximum Gasteiger partial charge on any atom is 0.118 e. The van der Waals surface area contributed by atoms with Gasteiger partial charge in [-0.15, -0.1) is 0 Å². The van der Waals surface area contributed by atoms with E-state index >= 15 is 0 Å². The van der Waals surface area contributed by atoms with Crippen molar-refractivity contribution in [3.05, 3.63) is 48.0 Å². The summed E-state index contributed by atoms with van der Waals surface area (Å²) in [7, 11) is 1.63. The van der Waals surface area contributed by atoms with E-state index in [0.29, 0.717) is 5.69 Å². The van der Waals surface area contributed by atoms with Crippen LogP contribution in [0.3, 0.4) is 0 Å². The molecule has 0 fully saturated rings. The maximum absolute atomic E-state index is 9.17. The minimum absolute atomic E-state index is 0.0458. The monoisotopic (exact) mass is 229 g/mol. The largest absolute Gasteiger partial charge is 0.497 e. The van der Waals surface area contributed by atoms with E-state index in [1.807, 2.05) is 42.5 Å². The maximum atomic E-state index is 9.17. The van der Waals surface area contributed by atoms with Crippen molar-refractivity contribution in [1.82, 2.24) is 0 Å². The number of nitrogen functional groups attached to an aromatic ring is 1. The molecule has 0 saturated heterocycles. The highest BCUT2D eigenvalue weighted by molar-refractivity contribution is 5.78. The summed E-state index contributed by atoms with van der Waals surface area (Å²) >= 11 is 0. The van der Waals surface area contributed by atoms with Crippen LogP contribution in [-0.4, -0.2) is 12.2 Å². The van der Waals surface area contributed by atoms with Crippen LogP contribution in [0.2, 0.25) is 0 Å². The number of ether oxygens (including phenoxy) is 1. The van der Waals surface area contributed by atoms with Crippen LogP contribution >= 0.6 is 0 Å². The highest BCUT2D eigenvalue weighted by Gasteiger charge is 2.06. The molecule has 0 bridgehead atoms. The number of hydrogen-bond acceptors (Lipinski definition) is 3. The predicted octanol–water partition coefficient (Wildman–Crippen LogP) is 2.44. The van der Waals surface area contributed by atoms with Crippen molar-refractivity contribution in [2.24, 2.45) is 0 Å². The third kappa shape index (κ3) is 2.24. The molecule has 2 aromatic carbocycles. The Labute approximate surface area is 100 Å². The lowest BCUT2D eigenvalue weighted by Gasteiger charge is -2.10. The van der Waals surface area contributed by atoms with Crippen molar-refractivity contribution >= 4 is 5.69 Å². The second kappa shape index (κ2) is 4.89. The molecule has 0 aromatic heterocycles. The van der Waals surface area contributed by atoms with Crippen LogP contribution in [0, 0.1) is 0 Å². The van der Waals surface area contributed by atoms with Gasteiger partial charge in [-0.05, 0) is 17.7 Å². The Morgan fingerprint density at radius 2 is 1.82 bits per heavy atom. The summed E-state index contributed by atoms with van der Waals surface area (Å²) in [5.41, 5.74) is 9.32. The molecule has 0 heterocycles. The molecule has 3 N–H and O–H groups in total. The van der Waals surface area contributed by atoms with Crippen LogP contribution in [0.1, 0.15) is 5.56 Å². The number of benzene rings is 2. The van der Waals surface area contributed by atoms with E-state index in [0.717, 1.165) is 22.4 Å². The average molecular weight is 229 g/mol. The summed E-state index contributed by atoms with van der Waals surface area (Å²) in [5.74, 6) is 0.811. The number of aliphatic hydroxyl groups is 1. The molecule has 0 unspecified atom stereocenters. The van der Waals surface area contributed by atoms with E-state index in [2.05, 4.69) is 0 Å². The zero-order valence-electron chi connectivity index (χ0n) is 9.68. The zero-order valence-corrected chi connectivity index (χ0v) is 9.68. The highest BCUT2D eigenvalue weighted by Crippen LogP contribution is 2.29. The Hall–Kier alpha value is -2.00. The molecule has 3 heteroatoms. The smallest absolute Gasteiger partial charge is 0.118 e. The molecular weight excluding hydrogens is 214 g/mol. The number of para-hydroxylation sites is 1. The normalized spacial score (nSPS) is 10.2. The standard InChI is InChI=1S/C14H15NO2/c1-17-12-7-5-10(6-8-12)13-4-2-3-11(9-16)14(13)15/h2-8,16H,9,15H2,1H3. The second-order valence-electron chi connectivity index (χ2n) is 3.76. The van der Waals surface area contributed by atoms with Crippen LogP contribution in [0.25, 0.3) is 11.1 Å². The van der Waals surface area contributed by atoms with Gasteiger partial charge in [0, 0.05) is 16.8 Å². The van der Waals surface area contributed by atoms with Crippen LogP contribution < -0.4 is 10.5 Å². The van der Waals surface area contributed by atoms with Gasteiger partial charge >= 0.3 is 0 Å². The lowest BCUT2D eigenvalue weighted by atomic mass is 10.0. The Morgan fingerprint density at radius 1 is 1.12 bits per heavy atom. The molecule has 0 aliphatic carbocycles. The van der Waals surface area contributed by atoms with Gasteiger partial charge in [-0.2, -0.15) is 0 Å². The lowest BCUT2D eigenvalue weighted by Crippen LogP contribution is -1.96. The predicted molar refractivity (Wildman–Crippen MR) is 68.8 cm³/mol. The first-order chi connectivity index (χ1) is 8.26. The summed E-state index contributed by atoms with van der Waals surface area (Å²) < 4.78 is 5.11. The van der Waals surface area contributed by atoms with Crippen molar-refractivity contribution in [3.8, 4) is 16.9 Å². The first-order valence-electron chi connectivity index (χ1n) is 5.39. The quantitative estimate of drug-likeness (QED) is 0.795. The lowest BCUT2D eigenvalue weighted by molar-refractivity contribution is 0.282. The van der Waals surface area contributed by atoms with Crippen molar-refractivity contribution in [2.45, 2.75) is 6.61 Å². The van der Waals surface area contributed by atoms with Crippen molar-refractivity contribution in [2.75, 3.05) is 12.8 Å². The average Bonchev–Trinajstić information content (AvgIpc) is 2.39. The van der Waals surface area contributed by atoms with Gasteiger partial charge in [0.2, 0.25) is 0 Å². The Morgan fingerprint density at radius 3 is 2.41 bits per heavy atom. The summed E-state index contributed by atoms with van der Waals surface area (Å²) in [6, 6.07) is 13.3. The van der Waals surface area contributed by atoms with E-state index in [9.17, 15) is 5.11 Å². The number of methoxy groups -OCH3 is 1. The van der Waals surface area contributed by atoms with E-state index < -0.39 is 0 Å². The minimum atomic E-state index is -0.0458. The Bertz CT molecular complexity index is 506. The van der Waals surface area contributed by atoms with Crippen molar-refractivity contribution in [3.63, 3.8) is 0 Å². The van der Waals surface area contributed by atoms with Crippen LogP contribution in [0.5, 0.6) is 5.75 Å². The Balaban J connectivity index is 2.45. The van der Waals surface area contributed by atoms with Gasteiger partial charge in [0.15, 0.2) is 0 Å². The molecule has 0 aliphatic rings.